The smallest absolute Gasteiger partial charge is 0.223 e. The van der Waals surface area contributed by atoms with Gasteiger partial charge in [-0.05, 0) is 24.8 Å². The number of aliphatic hydroxyl groups is 1. The number of aromatic nitrogens is 2. The van der Waals surface area contributed by atoms with Gasteiger partial charge in [0, 0.05) is 18.7 Å². The molecule has 23 heavy (non-hydrogen) atoms. The number of nitrogens with one attached hydrogen (secondary N) is 1. The van der Waals surface area contributed by atoms with Gasteiger partial charge in [-0.1, -0.05) is 30.3 Å². The van der Waals surface area contributed by atoms with Crippen LogP contribution in [0.25, 0.3) is 0 Å². The topological polar surface area (TPSA) is 87.3 Å². The summed E-state index contributed by atoms with van der Waals surface area (Å²) in [5.74, 6) is 1.80. The maximum absolute atomic E-state index is 11.0. The molecule has 1 aliphatic carbocycles. The Bertz CT molecular complexity index is 703. The Labute approximate surface area is 135 Å². The van der Waals surface area contributed by atoms with Gasteiger partial charge >= 0.3 is 0 Å². The lowest BCUT2D eigenvalue weighted by atomic mass is 9.93. The van der Waals surface area contributed by atoms with Crippen molar-refractivity contribution in [3.8, 4) is 0 Å². The zero-order chi connectivity index (χ0) is 15.9. The second kappa shape index (κ2) is 5.38. The lowest BCUT2D eigenvalue weighted by Crippen LogP contribution is -2.31. The summed E-state index contributed by atoms with van der Waals surface area (Å²) in [6, 6.07) is 12.2. The minimum absolute atomic E-state index is 0.265. The monoisotopic (exact) mass is 311 g/mol. The molecule has 1 saturated carbocycles. The average molecular weight is 311 g/mol. The van der Waals surface area contributed by atoms with Gasteiger partial charge in [-0.15, -0.1) is 0 Å². The molecule has 6 nitrogen and oxygen atoms in total. The second-order valence-electron chi connectivity index (χ2n) is 6.46. The molecule has 1 atom stereocenters. The standard InChI is InChI=1S/C17H21N5O/c18-16-20-14(19-13-6-7-13)10-15(21-16)22-9-8-17(23,11-22)12-4-2-1-3-5-12/h1-5,10,13,23H,6-9,11H2,(H3,18,19,20,21)/t17-/m0/s1. The van der Waals surface area contributed by atoms with Crippen molar-refractivity contribution in [2.45, 2.75) is 30.9 Å². The highest BCUT2D eigenvalue weighted by Gasteiger charge is 2.38. The van der Waals surface area contributed by atoms with E-state index in [0.29, 0.717) is 19.0 Å². The first kappa shape index (κ1) is 14.3. The van der Waals surface area contributed by atoms with Gasteiger partial charge in [0.2, 0.25) is 5.95 Å². The van der Waals surface area contributed by atoms with Crippen molar-refractivity contribution in [3.63, 3.8) is 0 Å². The van der Waals surface area contributed by atoms with Gasteiger partial charge in [0.05, 0.1) is 6.54 Å². The van der Waals surface area contributed by atoms with E-state index >= 15 is 0 Å². The molecule has 0 unspecified atom stereocenters. The van der Waals surface area contributed by atoms with Gasteiger partial charge in [-0.25, -0.2) is 0 Å². The summed E-state index contributed by atoms with van der Waals surface area (Å²) in [6.07, 6.45) is 3.03. The summed E-state index contributed by atoms with van der Waals surface area (Å²) in [7, 11) is 0. The molecule has 4 N–H and O–H groups in total. The third-order valence-electron chi connectivity index (χ3n) is 4.54. The van der Waals surface area contributed by atoms with Crippen LogP contribution in [0.4, 0.5) is 17.6 Å². The summed E-state index contributed by atoms with van der Waals surface area (Å²) in [6.45, 7) is 1.25. The molecule has 1 saturated heterocycles. The molecule has 0 radical (unpaired) electrons. The SMILES string of the molecule is Nc1nc(NC2CC2)cc(N2CC[C@@](O)(c3ccccc3)C2)n1. The number of nitrogen functional groups attached to an aromatic ring is 1. The van der Waals surface area contributed by atoms with Crippen molar-refractivity contribution in [2.24, 2.45) is 0 Å². The fourth-order valence-corrected chi connectivity index (χ4v) is 3.10. The first-order valence-electron chi connectivity index (χ1n) is 8.06. The van der Waals surface area contributed by atoms with Crippen molar-refractivity contribution >= 4 is 17.6 Å². The molecule has 0 bridgehead atoms. The van der Waals surface area contributed by atoms with Gasteiger partial charge in [0.1, 0.15) is 17.2 Å². The zero-order valence-corrected chi connectivity index (χ0v) is 12.9. The van der Waals surface area contributed by atoms with Crippen LogP contribution in [0.15, 0.2) is 36.4 Å². The van der Waals surface area contributed by atoms with E-state index in [1.807, 2.05) is 36.4 Å². The fraction of sp³-hybridized carbons (Fsp3) is 0.412. The van der Waals surface area contributed by atoms with Crippen LogP contribution in [-0.4, -0.2) is 34.2 Å². The predicted molar refractivity (Wildman–Crippen MR) is 90.3 cm³/mol. The Morgan fingerprint density at radius 3 is 2.74 bits per heavy atom. The summed E-state index contributed by atoms with van der Waals surface area (Å²) < 4.78 is 0. The van der Waals surface area contributed by atoms with Crippen molar-refractivity contribution in [3.05, 3.63) is 42.0 Å². The van der Waals surface area contributed by atoms with Crippen molar-refractivity contribution in [2.75, 3.05) is 29.0 Å². The van der Waals surface area contributed by atoms with E-state index in [-0.39, 0.29) is 5.95 Å². The number of nitrogens with zero attached hydrogens (tertiary/aromatic N) is 3. The lowest BCUT2D eigenvalue weighted by molar-refractivity contribution is 0.0606. The molecule has 2 aromatic rings. The molecule has 1 aliphatic heterocycles. The molecule has 1 aromatic heterocycles. The Balaban J connectivity index is 1.56. The molecule has 120 valence electrons. The number of β-amino-alcohol motifs (C(OH)–C–C–N with tert-alkyl or cyclic N) is 1. The van der Waals surface area contributed by atoms with Crippen LogP contribution in [0.2, 0.25) is 0 Å². The summed E-state index contributed by atoms with van der Waals surface area (Å²) >= 11 is 0. The fourth-order valence-electron chi connectivity index (χ4n) is 3.10. The molecule has 2 aliphatic rings. The van der Waals surface area contributed by atoms with Crippen molar-refractivity contribution in [1.29, 1.82) is 0 Å². The number of anilines is 3. The minimum Gasteiger partial charge on any atom is -0.383 e. The van der Waals surface area contributed by atoms with E-state index in [9.17, 15) is 5.11 Å². The lowest BCUT2D eigenvalue weighted by Gasteiger charge is -2.24. The van der Waals surface area contributed by atoms with Gasteiger partial charge < -0.3 is 21.1 Å². The summed E-state index contributed by atoms with van der Waals surface area (Å²) in [5.41, 5.74) is 5.95. The molecule has 0 spiro atoms. The highest BCUT2D eigenvalue weighted by Crippen LogP contribution is 2.35. The molecule has 4 rings (SSSR count). The molecular formula is C17H21N5O. The van der Waals surface area contributed by atoms with E-state index in [1.54, 1.807) is 0 Å². The normalized spacial score (nSPS) is 24.0. The van der Waals surface area contributed by atoms with Crippen LogP contribution >= 0.6 is 0 Å². The molecule has 2 fully saturated rings. The Kier molecular flexibility index (Phi) is 3.34. The molecule has 1 aromatic carbocycles. The Morgan fingerprint density at radius 1 is 1.22 bits per heavy atom. The highest BCUT2D eigenvalue weighted by atomic mass is 16.3. The third kappa shape index (κ3) is 2.94. The molecular weight excluding hydrogens is 290 g/mol. The molecule has 6 heteroatoms. The third-order valence-corrected chi connectivity index (χ3v) is 4.54. The first-order chi connectivity index (χ1) is 11.1. The van der Waals surface area contributed by atoms with Crippen LogP contribution in [0.3, 0.4) is 0 Å². The predicted octanol–water partition coefficient (Wildman–Crippen LogP) is 1.73. The van der Waals surface area contributed by atoms with Crippen molar-refractivity contribution in [1.82, 2.24) is 9.97 Å². The maximum Gasteiger partial charge on any atom is 0.223 e. The van der Waals surface area contributed by atoms with Gasteiger partial charge in [0.25, 0.3) is 0 Å². The second-order valence-corrected chi connectivity index (χ2v) is 6.46. The van der Waals surface area contributed by atoms with Gasteiger partial charge in [-0.2, -0.15) is 9.97 Å². The average Bonchev–Trinajstić information content (AvgIpc) is 3.26. The zero-order valence-electron chi connectivity index (χ0n) is 12.9. The number of nitrogens with two attached hydrogens (primary N) is 1. The largest absolute Gasteiger partial charge is 0.383 e. The van der Waals surface area contributed by atoms with E-state index in [1.165, 1.54) is 12.8 Å². The van der Waals surface area contributed by atoms with Crippen molar-refractivity contribution < 1.29 is 5.11 Å². The number of benzene rings is 1. The quantitative estimate of drug-likeness (QED) is 0.797. The van der Waals surface area contributed by atoms with Crippen LogP contribution < -0.4 is 16.0 Å². The maximum atomic E-state index is 11.0. The summed E-state index contributed by atoms with van der Waals surface area (Å²) in [5, 5.41) is 14.3. The van der Waals surface area contributed by atoms with E-state index in [0.717, 1.165) is 23.7 Å². The van der Waals surface area contributed by atoms with Gasteiger partial charge in [0.15, 0.2) is 0 Å². The Hall–Kier alpha value is -2.34. The van der Waals surface area contributed by atoms with Crippen LogP contribution in [0, 0.1) is 0 Å². The van der Waals surface area contributed by atoms with Crippen LogP contribution in [0.1, 0.15) is 24.8 Å². The van der Waals surface area contributed by atoms with Crippen LogP contribution in [-0.2, 0) is 5.60 Å². The van der Waals surface area contributed by atoms with Crippen LogP contribution in [0.5, 0.6) is 0 Å². The molecule has 2 heterocycles. The van der Waals surface area contributed by atoms with E-state index in [2.05, 4.69) is 20.2 Å². The Morgan fingerprint density at radius 2 is 2.00 bits per heavy atom. The number of hydrogen-bond acceptors (Lipinski definition) is 6. The summed E-state index contributed by atoms with van der Waals surface area (Å²) in [4.78, 5) is 10.7. The number of rotatable bonds is 4. The number of hydrogen-bond donors (Lipinski definition) is 3. The highest BCUT2D eigenvalue weighted by molar-refractivity contribution is 5.54. The first-order valence-corrected chi connectivity index (χ1v) is 8.06. The van der Waals surface area contributed by atoms with E-state index < -0.39 is 5.60 Å². The minimum atomic E-state index is -0.842. The molecule has 0 amide bonds. The van der Waals surface area contributed by atoms with E-state index in [4.69, 9.17) is 5.73 Å². The van der Waals surface area contributed by atoms with Gasteiger partial charge in [-0.3, -0.25) is 0 Å².